The summed E-state index contributed by atoms with van der Waals surface area (Å²) in [7, 11) is 0. The Morgan fingerprint density at radius 2 is 1.95 bits per heavy atom. The fraction of sp³-hybridized carbons (Fsp3) is 0.846. The summed E-state index contributed by atoms with van der Waals surface area (Å²) in [6, 6.07) is -0.602. The van der Waals surface area contributed by atoms with Gasteiger partial charge in [0, 0.05) is 18.3 Å². The lowest BCUT2D eigenvalue weighted by Gasteiger charge is -2.41. The van der Waals surface area contributed by atoms with E-state index in [0.29, 0.717) is 11.7 Å². The van der Waals surface area contributed by atoms with Crippen molar-refractivity contribution in [1.29, 1.82) is 0 Å². The molecule has 0 aliphatic carbocycles. The van der Waals surface area contributed by atoms with E-state index in [9.17, 15) is 14.7 Å². The lowest BCUT2D eigenvalue weighted by Crippen LogP contribution is -2.56. The molecule has 0 aromatic rings. The van der Waals surface area contributed by atoms with Gasteiger partial charge in [-0.25, -0.2) is 9.59 Å². The predicted molar refractivity (Wildman–Crippen MR) is 75.1 cm³/mol. The number of carbonyl (C=O) groups excluding carboxylic acids is 1. The molecular weight excluding hydrogens is 264 g/mol. The van der Waals surface area contributed by atoms with Gasteiger partial charge in [0.15, 0.2) is 0 Å². The molecule has 2 aliphatic rings. The van der Waals surface area contributed by atoms with Crippen molar-refractivity contribution in [1.82, 2.24) is 9.80 Å². The van der Waals surface area contributed by atoms with E-state index in [2.05, 4.69) is 13.8 Å². The van der Waals surface area contributed by atoms with Crippen LogP contribution < -0.4 is 0 Å². The third-order valence-electron chi connectivity index (χ3n) is 4.35. The minimum absolute atomic E-state index is 0.0574. The number of carboxylic acids is 1. The van der Waals surface area contributed by atoms with Gasteiger partial charge in [-0.1, -0.05) is 6.92 Å². The number of hydrogen-bond acceptors (Lipinski definition) is 3. The van der Waals surface area contributed by atoms with Crippen LogP contribution in [0, 0.1) is 5.92 Å². The van der Waals surface area contributed by atoms with Crippen LogP contribution in [-0.2, 0) is 4.79 Å². The normalized spacial score (nSPS) is 35.5. The maximum Gasteiger partial charge on any atom is 0.327 e. The van der Waals surface area contributed by atoms with E-state index in [-0.39, 0.29) is 17.4 Å². The molecule has 6 heteroatoms. The largest absolute Gasteiger partial charge is 0.480 e. The van der Waals surface area contributed by atoms with Gasteiger partial charge in [0.05, 0.1) is 5.37 Å². The van der Waals surface area contributed by atoms with Crippen LogP contribution in [0.25, 0.3) is 0 Å². The summed E-state index contributed by atoms with van der Waals surface area (Å²) in [6.45, 7) is 6.86. The van der Waals surface area contributed by atoms with E-state index < -0.39 is 12.0 Å². The number of amides is 2. The minimum Gasteiger partial charge on any atom is -0.480 e. The quantitative estimate of drug-likeness (QED) is 0.801. The van der Waals surface area contributed by atoms with Crippen molar-refractivity contribution in [2.45, 2.75) is 51.1 Å². The highest BCUT2D eigenvalue weighted by molar-refractivity contribution is 8.00. The first kappa shape index (κ1) is 14.5. The lowest BCUT2D eigenvalue weighted by atomic mass is 9.92. The molecular formula is C13H22N2O3S. The van der Waals surface area contributed by atoms with E-state index >= 15 is 0 Å². The van der Waals surface area contributed by atoms with Crippen LogP contribution in [0.5, 0.6) is 0 Å². The van der Waals surface area contributed by atoms with Gasteiger partial charge in [0.2, 0.25) is 0 Å². The molecule has 2 heterocycles. The van der Waals surface area contributed by atoms with Crippen molar-refractivity contribution in [3.8, 4) is 0 Å². The Hall–Kier alpha value is -0.910. The molecule has 4 atom stereocenters. The second-order valence-electron chi connectivity index (χ2n) is 5.53. The highest BCUT2D eigenvalue weighted by atomic mass is 32.2. The first-order chi connectivity index (χ1) is 8.93. The summed E-state index contributed by atoms with van der Waals surface area (Å²) in [4.78, 5) is 27.3. The number of thioether (sulfide) groups is 1. The van der Waals surface area contributed by atoms with Gasteiger partial charge < -0.3 is 10.0 Å². The van der Waals surface area contributed by atoms with E-state index in [1.54, 1.807) is 4.90 Å². The van der Waals surface area contributed by atoms with E-state index in [1.165, 1.54) is 11.8 Å². The molecule has 2 rings (SSSR count). The Morgan fingerprint density at radius 3 is 2.58 bits per heavy atom. The number of hydrogen-bond donors (Lipinski definition) is 1. The van der Waals surface area contributed by atoms with E-state index in [1.807, 2.05) is 11.8 Å². The Kier molecular flexibility index (Phi) is 4.28. The van der Waals surface area contributed by atoms with Gasteiger partial charge >= 0.3 is 12.0 Å². The second kappa shape index (κ2) is 5.61. The van der Waals surface area contributed by atoms with Crippen molar-refractivity contribution >= 4 is 23.8 Å². The lowest BCUT2D eigenvalue weighted by molar-refractivity contribution is -0.141. The van der Waals surface area contributed by atoms with Crippen molar-refractivity contribution in [2.24, 2.45) is 5.92 Å². The average molecular weight is 286 g/mol. The number of nitrogens with zero attached hydrogens (tertiary/aromatic N) is 2. The zero-order valence-corrected chi connectivity index (χ0v) is 12.5. The van der Waals surface area contributed by atoms with Gasteiger partial charge in [-0.05, 0) is 32.6 Å². The molecule has 2 saturated heterocycles. The molecule has 5 nitrogen and oxygen atoms in total. The molecule has 2 fully saturated rings. The monoisotopic (exact) mass is 286 g/mol. The van der Waals surface area contributed by atoms with Crippen molar-refractivity contribution in [3.63, 3.8) is 0 Å². The van der Waals surface area contributed by atoms with Crippen molar-refractivity contribution < 1.29 is 14.7 Å². The van der Waals surface area contributed by atoms with E-state index in [4.69, 9.17) is 0 Å². The number of carbonyl (C=O) groups is 2. The zero-order chi connectivity index (χ0) is 14.2. The topological polar surface area (TPSA) is 60.9 Å². The number of rotatable bonds is 1. The summed E-state index contributed by atoms with van der Waals surface area (Å²) >= 11 is 1.53. The third kappa shape index (κ3) is 2.68. The van der Waals surface area contributed by atoms with Gasteiger partial charge in [-0.2, -0.15) is 0 Å². The SMILES string of the molecule is CC1CCCN(C(=O)N2C(C)SCC2C(=O)O)C1C. The smallest absolute Gasteiger partial charge is 0.327 e. The van der Waals surface area contributed by atoms with Crippen LogP contribution in [0.3, 0.4) is 0 Å². The van der Waals surface area contributed by atoms with Crippen LogP contribution in [0.2, 0.25) is 0 Å². The summed E-state index contributed by atoms with van der Waals surface area (Å²) in [5, 5.41) is 9.18. The number of urea groups is 1. The molecule has 2 amide bonds. The Morgan fingerprint density at radius 1 is 1.26 bits per heavy atom. The van der Waals surface area contributed by atoms with Crippen LogP contribution in [0.4, 0.5) is 4.79 Å². The molecule has 0 aromatic heterocycles. The van der Waals surface area contributed by atoms with Crippen molar-refractivity contribution in [3.05, 3.63) is 0 Å². The highest BCUT2D eigenvalue weighted by Crippen LogP contribution is 2.32. The maximum absolute atomic E-state index is 12.7. The third-order valence-corrected chi connectivity index (χ3v) is 5.57. The van der Waals surface area contributed by atoms with Crippen LogP contribution in [0.15, 0.2) is 0 Å². The van der Waals surface area contributed by atoms with Gasteiger partial charge in [-0.15, -0.1) is 11.8 Å². The molecule has 19 heavy (non-hydrogen) atoms. The first-order valence-corrected chi connectivity index (χ1v) is 7.91. The molecule has 0 radical (unpaired) electrons. The minimum atomic E-state index is -0.900. The van der Waals surface area contributed by atoms with Crippen LogP contribution in [-0.4, -0.2) is 56.7 Å². The fourth-order valence-corrected chi connectivity index (χ4v) is 4.04. The zero-order valence-electron chi connectivity index (χ0n) is 11.7. The Balaban J connectivity index is 2.15. The molecule has 1 N–H and O–H groups in total. The number of aliphatic carboxylic acids is 1. The summed E-state index contributed by atoms with van der Waals surface area (Å²) in [6.07, 6.45) is 2.14. The summed E-state index contributed by atoms with van der Waals surface area (Å²) < 4.78 is 0. The number of likely N-dealkylation sites (tertiary alicyclic amines) is 1. The standard InChI is InChI=1S/C13H22N2O3S/c1-8-5-4-6-14(9(8)2)13(18)15-10(3)19-7-11(15)12(16)17/h8-11H,4-7H2,1-3H3,(H,16,17). The average Bonchev–Trinajstić information content (AvgIpc) is 2.74. The van der Waals surface area contributed by atoms with Crippen LogP contribution >= 0.6 is 11.8 Å². The number of piperidine rings is 1. The van der Waals surface area contributed by atoms with Gasteiger partial charge in [0.25, 0.3) is 0 Å². The first-order valence-electron chi connectivity index (χ1n) is 6.86. The predicted octanol–water partition coefficient (Wildman–Crippen LogP) is 2.07. The molecule has 0 aromatic carbocycles. The number of carboxylic acid groups (broad SMARTS) is 1. The fourth-order valence-electron chi connectivity index (χ4n) is 2.88. The Labute approximate surface area is 118 Å². The summed E-state index contributed by atoms with van der Waals surface area (Å²) in [5.74, 6) is 0.0643. The summed E-state index contributed by atoms with van der Waals surface area (Å²) in [5.41, 5.74) is 0. The molecule has 0 saturated carbocycles. The molecule has 108 valence electrons. The molecule has 0 spiro atoms. The van der Waals surface area contributed by atoms with Crippen LogP contribution in [0.1, 0.15) is 33.6 Å². The highest BCUT2D eigenvalue weighted by Gasteiger charge is 2.43. The Bertz CT molecular complexity index is 377. The molecule has 0 bridgehead atoms. The second-order valence-corrected chi connectivity index (χ2v) is 6.88. The molecule has 2 aliphatic heterocycles. The van der Waals surface area contributed by atoms with Gasteiger partial charge in [0.1, 0.15) is 6.04 Å². The van der Waals surface area contributed by atoms with E-state index in [0.717, 1.165) is 19.4 Å². The maximum atomic E-state index is 12.7. The molecule has 4 unspecified atom stereocenters. The van der Waals surface area contributed by atoms with Gasteiger partial charge in [-0.3, -0.25) is 4.90 Å². The van der Waals surface area contributed by atoms with Crippen molar-refractivity contribution in [2.75, 3.05) is 12.3 Å².